The number of aryl methyl sites for hydroxylation is 3. The minimum Gasteiger partial charge on any atom is -0.335 e. The maximum Gasteiger partial charge on any atom is 0.243 e. The second-order valence-electron chi connectivity index (χ2n) is 10.2. The number of sulfonamides is 1. The first-order valence-corrected chi connectivity index (χ1v) is 14.1. The van der Waals surface area contributed by atoms with Gasteiger partial charge in [-0.05, 0) is 73.9 Å². The van der Waals surface area contributed by atoms with E-state index in [-0.39, 0.29) is 17.9 Å². The van der Waals surface area contributed by atoms with E-state index in [4.69, 9.17) is 0 Å². The highest BCUT2D eigenvalue weighted by atomic mass is 32.2. The number of hydrogen-bond donors (Lipinski definition) is 0. The molecule has 1 unspecified atom stereocenters. The lowest BCUT2D eigenvalue weighted by molar-refractivity contribution is -0.137. The van der Waals surface area contributed by atoms with Gasteiger partial charge in [0.1, 0.15) is 0 Å². The Morgan fingerprint density at radius 2 is 1.51 bits per heavy atom. The van der Waals surface area contributed by atoms with E-state index >= 15 is 0 Å². The summed E-state index contributed by atoms with van der Waals surface area (Å²) < 4.78 is 28.5. The second kappa shape index (κ2) is 9.40. The molecular formula is C29H34N2O3S. The molecule has 5 nitrogen and oxygen atoms in total. The van der Waals surface area contributed by atoms with Crippen molar-refractivity contribution in [1.29, 1.82) is 0 Å². The molecule has 0 aromatic heterocycles. The van der Waals surface area contributed by atoms with Crippen LogP contribution in [-0.4, -0.2) is 43.2 Å². The zero-order chi connectivity index (χ0) is 24.7. The molecule has 2 heterocycles. The first kappa shape index (κ1) is 24.0. The standard InChI is InChI=1S/C29H34N2O3S/c1-20-18-21(2)28(22(3)19-20)35(33,34)30-16-13-24(14-17-30)29(32)31-15-7-12-27(31)26-11-6-9-23-8-4-5-10-25(23)26/h4-6,8-11,18-19,24,27H,7,12-17H2,1-3H3. The summed E-state index contributed by atoms with van der Waals surface area (Å²) in [4.78, 5) is 16.1. The largest absolute Gasteiger partial charge is 0.335 e. The molecule has 3 aromatic rings. The van der Waals surface area contributed by atoms with Crippen molar-refractivity contribution in [3.63, 3.8) is 0 Å². The topological polar surface area (TPSA) is 57.7 Å². The summed E-state index contributed by atoms with van der Waals surface area (Å²) in [7, 11) is -3.58. The minimum absolute atomic E-state index is 0.0909. The Bertz CT molecular complexity index is 1350. The van der Waals surface area contributed by atoms with Gasteiger partial charge in [-0.15, -0.1) is 0 Å². The predicted octanol–water partition coefficient (Wildman–Crippen LogP) is 5.53. The summed E-state index contributed by atoms with van der Waals surface area (Å²) in [5.41, 5.74) is 3.86. The SMILES string of the molecule is Cc1cc(C)c(S(=O)(=O)N2CCC(C(=O)N3CCCC3c3cccc4ccccc34)CC2)c(C)c1. The molecule has 184 valence electrons. The van der Waals surface area contributed by atoms with Gasteiger partial charge in [-0.2, -0.15) is 4.31 Å². The number of nitrogens with zero attached hydrogens (tertiary/aromatic N) is 2. The van der Waals surface area contributed by atoms with Gasteiger partial charge in [0, 0.05) is 25.6 Å². The fraction of sp³-hybridized carbons (Fsp3) is 0.414. The molecule has 5 rings (SSSR count). The molecule has 1 atom stereocenters. The van der Waals surface area contributed by atoms with Gasteiger partial charge in [-0.1, -0.05) is 60.2 Å². The molecule has 0 aliphatic carbocycles. The number of fused-ring (bicyclic) bond motifs is 1. The van der Waals surface area contributed by atoms with Crippen LogP contribution < -0.4 is 0 Å². The molecule has 1 amide bonds. The van der Waals surface area contributed by atoms with Crippen molar-refractivity contribution in [3.05, 3.63) is 76.9 Å². The van der Waals surface area contributed by atoms with Crippen LogP contribution in [0.1, 0.15) is 54.0 Å². The van der Waals surface area contributed by atoms with Crippen molar-refractivity contribution >= 4 is 26.7 Å². The fourth-order valence-corrected chi connectivity index (χ4v) is 8.06. The number of benzene rings is 3. The molecule has 0 radical (unpaired) electrons. The normalized spacial score (nSPS) is 20.0. The Balaban J connectivity index is 1.32. The van der Waals surface area contributed by atoms with Crippen molar-refractivity contribution in [2.75, 3.05) is 19.6 Å². The third-order valence-corrected chi connectivity index (χ3v) is 9.93. The number of hydrogen-bond acceptors (Lipinski definition) is 3. The molecule has 0 bridgehead atoms. The summed E-state index contributed by atoms with van der Waals surface area (Å²) in [6.07, 6.45) is 3.11. The maximum atomic E-state index is 13.7. The smallest absolute Gasteiger partial charge is 0.243 e. The third kappa shape index (κ3) is 4.38. The Morgan fingerprint density at radius 3 is 2.23 bits per heavy atom. The van der Waals surface area contributed by atoms with Crippen LogP contribution in [0.5, 0.6) is 0 Å². The van der Waals surface area contributed by atoms with Gasteiger partial charge in [0.05, 0.1) is 10.9 Å². The molecular weight excluding hydrogens is 456 g/mol. The predicted molar refractivity (Wildman–Crippen MR) is 140 cm³/mol. The van der Waals surface area contributed by atoms with Crippen LogP contribution in [-0.2, 0) is 14.8 Å². The van der Waals surface area contributed by atoms with Gasteiger partial charge in [0.15, 0.2) is 0 Å². The third-order valence-electron chi connectivity index (χ3n) is 7.72. The van der Waals surface area contributed by atoms with Crippen LogP contribution >= 0.6 is 0 Å². The zero-order valence-electron chi connectivity index (χ0n) is 20.8. The Labute approximate surface area is 208 Å². The average Bonchev–Trinajstić information content (AvgIpc) is 3.32. The molecule has 2 aliphatic heterocycles. The molecule has 35 heavy (non-hydrogen) atoms. The second-order valence-corrected chi connectivity index (χ2v) is 12.0. The van der Waals surface area contributed by atoms with Crippen molar-refractivity contribution < 1.29 is 13.2 Å². The fourth-order valence-electron chi connectivity index (χ4n) is 6.18. The quantitative estimate of drug-likeness (QED) is 0.483. The highest BCUT2D eigenvalue weighted by molar-refractivity contribution is 7.89. The lowest BCUT2D eigenvalue weighted by atomic mass is 9.94. The Hall–Kier alpha value is -2.70. The van der Waals surface area contributed by atoms with Crippen molar-refractivity contribution in [1.82, 2.24) is 9.21 Å². The highest BCUT2D eigenvalue weighted by Gasteiger charge is 2.38. The number of piperidine rings is 1. The average molecular weight is 491 g/mol. The zero-order valence-corrected chi connectivity index (χ0v) is 21.6. The van der Waals surface area contributed by atoms with Gasteiger partial charge < -0.3 is 4.90 Å². The number of rotatable bonds is 4. The van der Waals surface area contributed by atoms with E-state index in [1.54, 1.807) is 4.31 Å². The van der Waals surface area contributed by atoms with Gasteiger partial charge in [-0.25, -0.2) is 8.42 Å². The Morgan fingerprint density at radius 1 is 0.857 bits per heavy atom. The maximum absolute atomic E-state index is 13.7. The Kier molecular flexibility index (Phi) is 6.45. The lowest BCUT2D eigenvalue weighted by Gasteiger charge is -2.35. The molecule has 6 heteroatoms. The molecule has 0 spiro atoms. The van der Waals surface area contributed by atoms with Crippen molar-refractivity contribution in [2.24, 2.45) is 5.92 Å². The molecule has 3 aromatic carbocycles. The van der Waals surface area contributed by atoms with Crippen LogP contribution in [0.2, 0.25) is 0 Å². The molecule has 2 aliphatic rings. The van der Waals surface area contributed by atoms with Crippen LogP contribution in [0.15, 0.2) is 59.5 Å². The van der Waals surface area contributed by atoms with Gasteiger partial charge >= 0.3 is 0 Å². The van der Waals surface area contributed by atoms with E-state index in [1.807, 2.05) is 39.0 Å². The van der Waals surface area contributed by atoms with Crippen molar-refractivity contribution in [3.8, 4) is 0 Å². The highest BCUT2D eigenvalue weighted by Crippen LogP contribution is 2.38. The van der Waals surface area contributed by atoms with E-state index in [0.29, 0.717) is 30.8 Å². The lowest BCUT2D eigenvalue weighted by Crippen LogP contribution is -2.44. The van der Waals surface area contributed by atoms with E-state index in [1.165, 1.54) is 16.3 Å². The summed E-state index contributed by atoms with van der Waals surface area (Å²) >= 11 is 0. The monoisotopic (exact) mass is 490 g/mol. The van der Waals surface area contributed by atoms with E-state index in [2.05, 4.69) is 41.3 Å². The van der Waals surface area contributed by atoms with Gasteiger partial charge in [0.25, 0.3) is 0 Å². The van der Waals surface area contributed by atoms with Crippen LogP contribution in [0.3, 0.4) is 0 Å². The van der Waals surface area contributed by atoms with E-state index < -0.39 is 10.0 Å². The number of carbonyl (C=O) groups is 1. The molecule has 0 saturated carbocycles. The summed E-state index contributed by atoms with van der Waals surface area (Å²) in [5.74, 6) is 0.0532. The molecule has 0 N–H and O–H groups in total. The van der Waals surface area contributed by atoms with Crippen LogP contribution in [0, 0.1) is 26.7 Å². The van der Waals surface area contributed by atoms with Gasteiger partial charge in [-0.3, -0.25) is 4.79 Å². The van der Waals surface area contributed by atoms with Crippen LogP contribution in [0.25, 0.3) is 10.8 Å². The number of likely N-dealkylation sites (tertiary alicyclic amines) is 1. The number of amides is 1. The molecule has 2 saturated heterocycles. The molecule has 2 fully saturated rings. The summed E-state index contributed by atoms with van der Waals surface area (Å²) in [5, 5.41) is 2.41. The minimum atomic E-state index is -3.58. The first-order valence-electron chi connectivity index (χ1n) is 12.6. The van der Waals surface area contributed by atoms with Gasteiger partial charge in [0.2, 0.25) is 15.9 Å². The number of carbonyl (C=O) groups excluding carboxylic acids is 1. The summed E-state index contributed by atoms with van der Waals surface area (Å²) in [6, 6.07) is 18.7. The first-order chi connectivity index (χ1) is 16.8. The van der Waals surface area contributed by atoms with Crippen molar-refractivity contribution in [2.45, 2.75) is 57.4 Å². The van der Waals surface area contributed by atoms with E-state index in [9.17, 15) is 13.2 Å². The summed E-state index contributed by atoms with van der Waals surface area (Å²) in [6.45, 7) is 7.26. The van der Waals surface area contributed by atoms with E-state index in [0.717, 1.165) is 36.1 Å². The van der Waals surface area contributed by atoms with Crippen LogP contribution in [0.4, 0.5) is 0 Å².